The van der Waals surface area contributed by atoms with E-state index in [-0.39, 0.29) is 0 Å². The van der Waals surface area contributed by atoms with E-state index >= 15 is 0 Å². The van der Waals surface area contributed by atoms with Gasteiger partial charge in [0.1, 0.15) is 0 Å². The molecule has 0 amide bonds. The van der Waals surface area contributed by atoms with Crippen molar-refractivity contribution in [3.8, 4) is 11.1 Å². The molecule has 4 rings (SSSR count). The second-order valence-corrected chi connectivity index (χ2v) is 6.43. The number of fused-ring (bicyclic) bond motifs is 1. The Labute approximate surface area is 132 Å². The summed E-state index contributed by atoms with van der Waals surface area (Å²) in [5.74, 6) is 0.674. The lowest BCUT2D eigenvalue weighted by Gasteiger charge is -2.19. The molecule has 1 aliphatic heterocycles. The van der Waals surface area contributed by atoms with E-state index in [0.29, 0.717) is 24.7 Å². The van der Waals surface area contributed by atoms with Gasteiger partial charge in [-0.2, -0.15) is 0 Å². The molecule has 1 heterocycles. The van der Waals surface area contributed by atoms with E-state index in [1.807, 2.05) is 0 Å². The zero-order chi connectivity index (χ0) is 14.8. The van der Waals surface area contributed by atoms with Gasteiger partial charge < -0.3 is 9.47 Å². The molecule has 2 aliphatic rings. The Balaban J connectivity index is 1.38. The monoisotopic (exact) mass is 294 g/mol. The Morgan fingerprint density at radius 3 is 2.59 bits per heavy atom. The maximum atomic E-state index is 6.03. The fourth-order valence-electron chi connectivity index (χ4n) is 3.52. The molecule has 0 spiro atoms. The van der Waals surface area contributed by atoms with Crippen LogP contribution in [0.5, 0.6) is 0 Å². The van der Waals surface area contributed by atoms with Crippen molar-refractivity contribution in [2.24, 2.45) is 5.92 Å². The van der Waals surface area contributed by atoms with Crippen molar-refractivity contribution in [3.05, 3.63) is 60.2 Å². The smallest absolute Gasteiger partial charge is 0.0845 e. The van der Waals surface area contributed by atoms with E-state index < -0.39 is 0 Å². The van der Waals surface area contributed by atoms with Crippen molar-refractivity contribution in [2.45, 2.75) is 38.1 Å². The first-order chi connectivity index (χ1) is 10.9. The Bertz CT molecular complexity index is 623. The van der Waals surface area contributed by atoms with Crippen LogP contribution in [0.4, 0.5) is 0 Å². The number of benzene rings is 2. The molecule has 22 heavy (non-hydrogen) atoms. The van der Waals surface area contributed by atoms with Crippen LogP contribution in [0.1, 0.15) is 24.8 Å². The van der Waals surface area contributed by atoms with Crippen LogP contribution in [0.3, 0.4) is 0 Å². The lowest BCUT2D eigenvalue weighted by molar-refractivity contribution is 0.0768. The first-order valence-corrected chi connectivity index (χ1v) is 8.26. The van der Waals surface area contributed by atoms with Gasteiger partial charge in [-0.15, -0.1) is 0 Å². The normalized spacial score (nSPS) is 26.5. The van der Waals surface area contributed by atoms with Crippen molar-refractivity contribution >= 4 is 0 Å². The van der Waals surface area contributed by atoms with E-state index in [0.717, 1.165) is 6.61 Å². The number of rotatable bonds is 5. The molecule has 0 bridgehead atoms. The topological polar surface area (TPSA) is 21.8 Å². The lowest BCUT2D eigenvalue weighted by atomic mass is 9.90. The fraction of sp³-hybridized carbons (Fsp3) is 0.400. The van der Waals surface area contributed by atoms with E-state index in [1.54, 1.807) is 0 Å². The molecule has 2 heteroatoms. The second-order valence-electron chi connectivity index (χ2n) is 6.43. The van der Waals surface area contributed by atoms with Gasteiger partial charge >= 0.3 is 0 Å². The molecule has 114 valence electrons. The van der Waals surface area contributed by atoms with E-state index in [9.17, 15) is 0 Å². The average Bonchev–Trinajstić information content (AvgIpc) is 3.35. The minimum Gasteiger partial charge on any atom is -0.376 e. The third-order valence-electron chi connectivity index (χ3n) is 4.83. The van der Waals surface area contributed by atoms with Crippen molar-refractivity contribution in [3.63, 3.8) is 0 Å². The average molecular weight is 294 g/mol. The largest absolute Gasteiger partial charge is 0.376 e. The van der Waals surface area contributed by atoms with E-state index in [4.69, 9.17) is 9.47 Å². The Morgan fingerprint density at radius 2 is 1.73 bits per heavy atom. The van der Waals surface area contributed by atoms with Gasteiger partial charge in [0.2, 0.25) is 0 Å². The van der Waals surface area contributed by atoms with Gasteiger partial charge in [0.05, 0.1) is 18.8 Å². The summed E-state index contributed by atoms with van der Waals surface area (Å²) in [4.78, 5) is 0. The fourth-order valence-corrected chi connectivity index (χ4v) is 3.52. The van der Waals surface area contributed by atoms with Crippen molar-refractivity contribution in [1.29, 1.82) is 0 Å². The molecule has 0 radical (unpaired) electrons. The molecular formula is C20H22O2. The van der Waals surface area contributed by atoms with Gasteiger partial charge in [-0.05, 0) is 41.9 Å². The predicted molar refractivity (Wildman–Crippen MR) is 87.5 cm³/mol. The number of ether oxygens (including phenoxy) is 2. The Hall–Kier alpha value is -1.64. The quantitative estimate of drug-likeness (QED) is 0.761. The number of hydrogen-bond acceptors (Lipinski definition) is 2. The van der Waals surface area contributed by atoms with Crippen LogP contribution in [-0.4, -0.2) is 18.8 Å². The lowest BCUT2D eigenvalue weighted by Crippen LogP contribution is -2.18. The van der Waals surface area contributed by atoms with Gasteiger partial charge in [0.15, 0.2) is 0 Å². The maximum absolute atomic E-state index is 6.03. The van der Waals surface area contributed by atoms with Crippen LogP contribution in [0.2, 0.25) is 0 Å². The first kappa shape index (κ1) is 14.0. The second kappa shape index (κ2) is 6.23. The minimum atomic E-state index is 0.541. The first-order valence-electron chi connectivity index (χ1n) is 8.26. The highest BCUT2D eigenvalue weighted by Gasteiger charge is 2.43. The molecule has 2 fully saturated rings. The van der Waals surface area contributed by atoms with Crippen LogP contribution >= 0.6 is 0 Å². The van der Waals surface area contributed by atoms with Crippen LogP contribution in [0, 0.1) is 5.92 Å². The number of hydrogen-bond donors (Lipinski definition) is 0. The molecular weight excluding hydrogens is 272 g/mol. The standard InChI is InChI=1S/C20H22O2/c1-2-6-16(7-3-1)18-9-5-4-8-17(18)14-21-13-15-10-11-19-20(12-15)22-19/h1-9,15,19-20H,10-14H2. The summed E-state index contributed by atoms with van der Waals surface area (Å²) in [5.41, 5.74) is 3.80. The van der Waals surface area contributed by atoms with Gasteiger partial charge in [0.25, 0.3) is 0 Å². The molecule has 2 nitrogen and oxygen atoms in total. The highest BCUT2D eigenvalue weighted by atomic mass is 16.6. The summed E-state index contributed by atoms with van der Waals surface area (Å²) >= 11 is 0. The number of epoxide rings is 1. The van der Waals surface area contributed by atoms with Gasteiger partial charge in [-0.3, -0.25) is 0 Å². The summed E-state index contributed by atoms with van der Waals surface area (Å²) in [6, 6.07) is 19.1. The minimum absolute atomic E-state index is 0.541. The van der Waals surface area contributed by atoms with Crippen LogP contribution in [0.15, 0.2) is 54.6 Å². The zero-order valence-corrected chi connectivity index (χ0v) is 12.8. The van der Waals surface area contributed by atoms with Crippen LogP contribution in [-0.2, 0) is 16.1 Å². The molecule has 3 atom stereocenters. The third kappa shape index (κ3) is 3.08. The molecule has 1 saturated heterocycles. The van der Waals surface area contributed by atoms with Gasteiger partial charge in [-0.25, -0.2) is 0 Å². The highest BCUT2D eigenvalue weighted by Crippen LogP contribution is 2.39. The molecule has 2 aromatic carbocycles. The van der Waals surface area contributed by atoms with Gasteiger partial charge in [0, 0.05) is 6.61 Å². The Morgan fingerprint density at radius 1 is 0.909 bits per heavy atom. The molecule has 1 aliphatic carbocycles. The summed E-state index contributed by atoms with van der Waals surface area (Å²) in [5, 5.41) is 0. The summed E-state index contributed by atoms with van der Waals surface area (Å²) in [6.45, 7) is 1.55. The molecule has 1 saturated carbocycles. The Kier molecular flexibility index (Phi) is 3.96. The van der Waals surface area contributed by atoms with E-state index in [2.05, 4.69) is 54.6 Å². The molecule has 3 unspecified atom stereocenters. The van der Waals surface area contributed by atoms with Gasteiger partial charge in [-0.1, -0.05) is 54.6 Å². The summed E-state index contributed by atoms with van der Waals surface area (Å²) < 4.78 is 11.6. The van der Waals surface area contributed by atoms with Crippen molar-refractivity contribution in [2.75, 3.05) is 6.61 Å². The SMILES string of the molecule is c1ccc(-c2ccccc2COCC2CCC3OC3C2)cc1. The van der Waals surface area contributed by atoms with Crippen LogP contribution < -0.4 is 0 Å². The van der Waals surface area contributed by atoms with E-state index in [1.165, 1.54) is 36.0 Å². The summed E-state index contributed by atoms with van der Waals surface area (Å²) in [7, 11) is 0. The molecule has 2 aromatic rings. The predicted octanol–water partition coefficient (Wildman–Crippen LogP) is 4.44. The zero-order valence-electron chi connectivity index (χ0n) is 12.8. The van der Waals surface area contributed by atoms with Crippen molar-refractivity contribution in [1.82, 2.24) is 0 Å². The maximum Gasteiger partial charge on any atom is 0.0845 e. The molecule has 0 aromatic heterocycles. The van der Waals surface area contributed by atoms with Crippen LogP contribution in [0.25, 0.3) is 11.1 Å². The molecule has 0 N–H and O–H groups in total. The highest BCUT2D eigenvalue weighted by molar-refractivity contribution is 5.66. The van der Waals surface area contributed by atoms with Crippen molar-refractivity contribution < 1.29 is 9.47 Å². The third-order valence-corrected chi connectivity index (χ3v) is 4.83. The summed E-state index contributed by atoms with van der Waals surface area (Å²) in [6.07, 6.45) is 4.78.